The van der Waals surface area contributed by atoms with Crippen LogP contribution >= 0.6 is 0 Å². The lowest BCUT2D eigenvalue weighted by atomic mass is 9.84. The molecule has 0 spiro atoms. The standard InChI is InChI=1S/C29H31F7N8O5/c1-26(2,3)49-25(47)42-6-5-27(12-42,29(34,35)36)24(46)43-10-17(30)18(11-43)41-22(45)15-7-14(9-38-23(15)48-4)19-8-16(28(31,32)33)20-21(37)39-13-40-44(19)20/h7-9,13,17-18H,5-6,10-12H2,1-4H3,(H,41,45)(H2,37,39,40)/t17-,18+,27?/m0/s1. The maximum absolute atomic E-state index is 15.3. The highest BCUT2D eigenvalue weighted by atomic mass is 19.4. The third kappa shape index (κ3) is 6.59. The van der Waals surface area contributed by atoms with Gasteiger partial charge in [0, 0.05) is 31.4 Å². The van der Waals surface area contributed by atoms with Gasteiger partial charge in [0.1, 0.15) is 29.2 Å². The van der Waals surface area contributed by atoms with Crippen LogP contribution in [0.5, 0.6) is 5.88 Å². The Kier molecular flexibility index (Phi) is 8.82. The van der Waals surface area contributed by atoms with E-state index in [0.29, 0.717) is 4.90 Å². The molecule has 5 heterocycles. The molecule has 3 aromatic rings. The van der Waals surface area contributed by atoms with Gasteiger partial charge in [-0.15, -0.1) is 0 Å². The molecule has 5 rings (SSSR count). The minimum atomic E-state index is -5.11. The van der Waals surface area contributed by atoms with Gasteiger partial charge in [0.15, 0.2) is 11.2 Å². The SMILES string of the molecule is COc1ncc(-c2cc(C(F)(F)F)c3c(N)ncnn23)cc1C(=O)N[C@@H]1CN(C(=O)C2(C(F)(F)F)CCN(C(=O)OC(C)(C)C)C2)C[C@@H]1F. The van der Waals surface area contributed by atoms with Gasteiger partial charge in [0.05, 0.1) is 31.0 Å². The van der Waals surface area contributed by atoms with E-state index in [1.165, 1.54) is 20.8 Å². The van der Waals surface area contributed by atoms with Gasteiger partial charge in [-0.2, -0.15) is 31.4 Å². The van der Waals surface area contributed by atoms with Crippen molar-refractivity contribution < 1.29 is 54.6 Å². The monoisotopic (exact) mass is 704 g/mol. The number of rotatable bonds is 5. The number of carbonyl (C=O) groups excluding carboxylic acids is 3. The van der Waals surface area contributed by atoms with E-state index in [9.17, 15) is 40.7 Å². The summed E-state index contributed by atoms with van der Waals surface area (Å²) in [5.41, 5.74) is -0.653. The van der Waals surface area contributed by atoms with Crippen LogP contribution in [0.1, 0.15) is 43.1 Å². The highest BCUT2D eigenvalue weighted by molar-refractivity contribution is 5.98. The van der Waals surface area contributed by atoms with E-state index < -0.39 is 103 Å². The zero-order valence-electron chi connectivity index (χ0n) is 26.4. The van der Waals surface area contributed by atoms with Gasteiger partial charge in [-0.25, -0.2) is 23.7 Å². The number of alkyl halides is 7. The average molecular weight is 705 g/mol. The fourth-order valence-electron chi connectivity index (χ4n) is 5.84. The lowest BCUT2D eigenvalue weighted by Crippen LogP contribution is -2.54. The van der Waals surface area contributed by atoms with E-state index in [1.807, 2.05) is 0 Å². The number of amides is 3. The Bertz CT molecular complexity index is 1790. The topological polar surface area (TPSA) is 157 Å². The molecule has 0 radical (unpaired) electrons. The smallest absolute Gasteiger partial charge is 0.418 e. The summed E-state index contributed by atoms with van der Waals surface area (Å²) in [6, 6.07) is 0.346. The van der Waals surface area contributed by atoms with E-state index in [0.717, 1.165) is 41.2 Å². The number of nitrogen functional groups attached to an aromatic ring is 1. The number of hydrogen-bond donors (Lipinski definition) is 2. The Hall–Kier alpha value is -4.91. The molecule has 2 fully saturated rings. The molecule has 13 nitrogen and oxygen atoms in total. The molecule has 20 heteroatoms. The second-order valence-corrected chi connectivity index (χ2v) is 12.7. The van der Waals surface area contributed by atoms with Crippen LogP contribution in [-0.2, 0) is 15.7 Å². The van der Waals surface area contributed by atoms with Crippen molar-refractivity contribution >= 4 is 29.2 Å². The first kappa shape index (κ1) is 35.4. The maximum atomic E-state index is 15.3. The van der Waals surface area contributed by atoms with E-state index in [4.69, 9.17) is 15.2 Å². The van der Waals surface area contributed by atoms with Crippen molar-refractivity contribution in [3.63, 3.8) is 0 Å². The number of ether oxygens (including phenoxy) is 2. The summed E-state index contributed by atoms with van der Waals surface area (Å²) in [5.74, 6) is -3.28. The van der Waals surface area contributed by atoms with Crippen molar-refractivity contribution in [2.75, 3.05) is 39.0 Å². The van der Waals surface area contributed by atoms with Crippen molar-refractivity contribution in [1.82, 2.24) is 34.7 Å². The molecule has 0 aromatic carbocycles. The molecular formula is C29H31F7N8O5. The molecule has 2 aliphatic heterocycles. The van der Waals surface area contributed by atoms with Gasteiger partial charge in [0.25, 0.3) is 5.91 Å². The molecule has 3 amide bonds. The summed E-state index contributed by atoms with van der Waals surface area (Å²) in [7, 11) is 1.15. The first-order valence-electron chi connectivity index (χ1n) is 14.7. The van der Waals surface area contributed by atoms with Gasteiger partial charge < -0.3 is 30.3 Å². The third-order valence-electron chi connectivity index (χ3n) is 8.20. The average Bonchev–Trinajstić information content (AvgIpc) is 3.72. The zero-order chi connectivity index (χ0) is 36.3. The van der Waals surface area contributed by atoms with Crippen LogP contribution in [-0.4, -0.2) is 105 Å². The Morgan fingerprint density at radius 3 is 2.35 bits per heavy atom. The Morgan fingerprint density at radius 2 is 1.73 bits per heavy atom. The molecule has 3 N–H and O–H groups in total. The number of carbonyl (C=O) groups is 3. The second-order valence-electron chi connectivity index (χ2n) is 12.7. The van der Waals surface area contributed by atoms with Crippen LogP contribution in [0.25, 0.3) is 16.8 Å². The second kappa shape index (κ2) is 12.2. The van der Waals surface area contributed by atoms with Gasteiger partial charge in [0.2, 0.25) is 11.8 Å². The molecule has 2 aliphatic rings. The largest absolute Gasteiger partial charge is 0.480 e. The Labute approximate surface area is 273 Å². The van der Waals surface area contributed by atoms with Gasteiger partial charge >= 0.3 is 18.4 Å². The Balaban J connectivity index is 1.38. The zero-order valence-corrected chi connectivity index (χ0v) is 26.4. The summed E-state index contributed by atoms with van der Waals surface area (Å²) in [6.07, 6.45) is -11.8. The Morgan fingerprint density at radius 1 is 1.04 bits per heavy atom. The third-order valence-corrected chi connectivity index (χ3v) is 8.20. The molecule has 3 atom stereocenters. The summed E-state index contributed by atoms with van der Waals surface area (Å²) in [4.78, 5) is 48.4. The van der Waals surface area contributed by atoms with Crippen LogP contribution in [0.3, 0.4) is 0 Å². The molecule has 0 bridgehead atoms. The number of nitrogens with two attached hydrogens (primary N) is 1. The summed E-state index contributed by atoms with van der Waals surface area (Å²) in [5, 5.41) is 6.17. The lowest BCUT2D eigenvalue weighted by Gasteiger charge is -2.34. The predicted molar refractivity (Wildman–Crippen MR) is 156 cm³/mol. The van der Waals surface area contributed by atoms with Crippen molar-refractivity contribution in [3.8, 4) is 17.1 Å². The molecule has 3 aromatic heterocycles. The van der Waals surface area contributed by atoms with Crippen molar-refractivity contribution in [2.24, 2.45) is 5.41 Å². The normalized spacial score (nSPS) is 21.7. The van der Waals surface area contributed by atoms with E-state index in [2.05, 4.69) is 20.4 Å². The molecule has 266 valence electrons. The fourth-order valence-corrected chi connectivity index (χ4v) is 5.84. The fraction of sp³-hybridized carbons (Fsp3) is 0.517. The number of fused-ring (bicyclic) bond motifs is 1. The number of pyridine rings is 1. The number of hydrogen-bond acceptors (Lipinski definition) is 9. The molecule has 1 unspecified atom stereocenters. The number of nitrogens with one attached hydrogen (secondary N) is 1. The summed E-state index contributed by atoms with van der Waals surface area (Å²) < 4.78 is 111. The maximum Gasteiger partial charge on any atom is 0.418 e. The summed E-state index contributed by atoms with van der Waals surface area (Å²) >= 11 is 0. The highest BCUT2D eigenvalue weighted by Gasteiger charge is 2.65. The van der Waals surface area contributed by atoms with Crippen molar-refractivity contribution in [1.29, 1.82) is 0 Å². The van der Waals surface area contributed by atoms with E-state index in [-0.39, 0.29) is 22.7 Å². The van der Waals surface area contributed by atoms with E-state index >= 15 is 4.39 Å². The van der Waals surface area contributed by atoms with Crippen LogP contribution in [0.15, 0.2) is 24.7 Å². The van der Waals surface area contributed by atoms with Crippen molar-refractivity contribution in [3.05, 3.63) is 35.8 Å². The van der Waals surface area contributed by atoms with Crippen LogP contribution in [0, 0.1) is 5.41 Å². The molecule has 2 saturated heterocycles. The number of nitrogens with zero attached hydrogens (tertiary/aromatic N) is 6. The number of methoxy groups -OCH3 is 1. The number of aromatic nitrogens is 4. The number of likely N-dealkylation sites (tertiary alicyclic amines) is 2. The van der Waals surface area contributed by atoms with Crippen molar-refractivity contribution in [2.45, 2.75) is 57.4 Å². The quantitative estimate of drug-likeness (QED) is 0.377. The number of halogens is 7. The molecular weight excluding hydrogens is 673 g/mol. The molecule has 0 aliphatic carbocycles. The summed E-state index contributed by atoms with van der Waals surface area (Å²) in [6.45, 7) is 1.68. The molecule has 0 saturated carbocycles. The minimum Gasteiger partial charge on any atom is -0.480 e. The van der Waals surface area contributed by atoms with E-state index in [1.54, 1.807) is 0 Å². The van der Waals surface area contributed by atoms with Crippen LogP contribution in [0.4, 0.5) is 41.3 Å². The number of anilines is 1. The molecule has 49 heavy (non-hydrogen) atoms. The van der Waals surface area contributed by atoms with Crippen LogP contribution in [0.2, 0.25) is 0 Å². The minimum absolute atomic E-state index is 0.0579. The van der Waals surface area contributed by atoms with Crippen LogP contribution < -0.4 is 15.8 Å². The lowest BCUT2D eigenvalue weighted by molar-refractivity contribution is -0.222. The first-order valence-corrected chi connectivity index (χ1v) is 14.7. The van der Waals surface area contributed by atoms with Gasteiger partial charge in [-0.05, 0) is 39.3 Å². The first-order chi connectivity index (χ1) is 22.7. The van der Waals surface area contributed by atoms with Gasteiger partial charge in [-0.1, -0.05) is 0 Å². The van der Waals surface area contributed by atoms with Gasteiger partial charge in [-0.3, -0.25) is 9.59 Å². The predicted octanol–water partition coefficient (Wildman–Crippen LogP) is 3.87. The highest BCUT2D eigenvalue weighted by Crippen LogP contribution is 2.48.